The van der Waals surface area contributed by atoms with Crippen molar-refractivity contribution in [1.82, 2.24) is 0 Å². The first kappa shape index (κ1) is 18.0. The highest BCUT2D eigenvalue weighted by Crippen LogP contribution is 2.31. The zero-order chi connectivity index (χ0) is 18.2. The minimum atomic E-state index is -0.225. The van der Waals surface area contributed by atoms with Crippen molar-refractivity contribution < 1.29 is 9.47 Å². The van der Waals surface area contributed by atoms with Gasteiger partial charge in [0.2, 0.25) is 0 Å². The molecule has 0 amide bonds. The van der Waals surface area contributed by atoms with Crippen molar-refractivity contribution in [2.45, 2.75) is 19.3 Å². The van der Waals surface area contributed by atoms with Gasteiger partial charge in [0.1, 0.15) is 13.2 Å². The molecule has 1 unspecified atom stereocenters. The maximum absolute atomic E-state index is 6.06. The Morgan fingerprint density at radius 1 is 0.692 bits per heavy atom. The minimum absolute atomic E-state index is 0.225. The normalized spacial score (nSPS) is 11.8. The Bertz CT molecular complexity index is 807. The molecule has 4 heteroatoms. The molecule has 3 aromatic rings. The number of hydrogen-bond acceptors (Lipinski definition) is 4. The number of benzene rings is 3. The predicted octanol–water partition coefficient (Wildman–Crippen LogP) is 3.80. The Morgan fingerprint density at radius 2 is 1.23 bits per heavy atom. The molecule has 0 saturated heterocycles. The van der Waals surface area contributed by atoms with E-state index in [-0.39, 0.29) is 6.04 Å². The van der Waals surface area contributed by atoms with E-state index < -0.39 is 0 Å². The van der Waals surface area contributed by atoms with Crippen molar-refractivity contribution >= 4 is 0 Å². The molecule has 134 valence electrons. The lowest BCUT2D eigenvalue weighted by molar-refractivity contribution is 0.255. The summed E-state index contributed by atoms with van der Waals surface area (Å²) >= 11 is 0. The smallest absolute Gasteiger partial charge is 0.162 e. The van der Waals surface area contributed by atoms with Crippen LogP contribution in [0.1, 0.15) is 22.7 Å². The Hall–Kier alpha value is -2.82. The minimum Gasteiger partial charge on any atom is -0.485 e. The van der Waals surface area contributed by atoms with E-state index in [1.54, 1.807) is 0 Å². The molecular formula is C22H24N2O2. The molecule has 0 fully saturated rings. The van der Waals surface area contributed by atoms with Gasteiger partial charge in [0.05, 0.1) is 0 Å². The zero-order valence-corrected chi connectivity index (χ0v) is 14.7. The van der Waals surface area contributed by atoms with Gasteiger partial charge in [0.25, 0.3) is 0 Å². The molecule has 0 spiro atoms. The fourth-order valence-corrected chi connectivity index (χ4v) is 2.59. The molecular weight excluding hydrogens is 324 g/mol. The van der Waals surface area contributed by atoms with E-state index >= 15 is 0 Å². The van der Waals surface area contributed by atoms with Gasteiger partial charge in [0, 0.05) is 12.6 Å². The van der Waals surface area contributed by atoms with Crippen LogP contribution in [0.25, 0.3) is 0 Å². The van der Waals surface area contributed by atoms with Gasteiger partial charge in [-0.2, -0.15) is 0 Å². The molecule has 0 aromatic heterocycles. The highest BCUT2D eigenvalue weighted by Gasteiger charge is 2.11. The van der Waals surface area contributed by atoms with Gasteiger partial charge in [-0.05, 0) is 28.8 Å². The van der Waals surface area contributed by atoms with Crippen LogP contribution in [0, 0.1) is 0 Å². The van der Waals surface area contributed by atoms with E-state index in [1.165, 1.54) is 0 Å². The average molecular weight is 348 g/mol. The van der Waals surface area contributed by atoms with E-state index in [4.69, 9.17) is 20.9 Å². The molecule has 0 bridgehead atoms. The van der Waals surface area contributed by atoms with Crippen LogP contribution < -0.4 is 20.9 Å². The maximum Gasteiger partial charge on any atom is 0.162 e. The second-order valence-corrected chi connectivity index (χ2v) is 6.10. The van der Waals surface area contributed by atoms with Gasteiger partial charge in [-0.1, -0.05) is 66.7 Å². The van der Waals surface area contributed by atoms with Crippen molar-refractivity contribution in [2.75, 3.05) is 6.54 Å². The highest BCUT2D eigenvalue weighted by atomic mass is 16.5. The molecule has 3 aromatic carbocycles. The molecule has 0 aliphatic rings. The predicted molar refractivity (Wildman–Crippen MR) is 104 cm³/mol. The van der Waals surface area contributed by atoms with Crippen LogP contribution in [0.5, 0.6) is 11.5 Å². The molecule has 0 heterocycles. The van der Waals surface area contributed by atoms with Gasteiger partial charge in [-0.15, -0.1) is 0 Å². The van der Waals surface area contributed by atoms with Gasteiger partial charge < -0.3 is 20.9 Å². The molecule has 0 aliphatic carbocycles. The lowest BCUT2D eigenvalue weighted by Crippen LogP contribution is -2.20. The third-order valence-electron chi connectivity index (χ3n) is 4.12. The first-order valence-electron chi connectivity index (χ1n) is 8.69. The molecule has 4 nitrogen and oxygen atoms in total. The molecule has 0 aliphatic heterocycles. The first-order chi connectivity index (χ1) is 12.8. The van der Waals surface area contributed by atoms with Gasteiger partial charge in [-0.25, -0.2) is 0 Å². The van der Waals surface area contributed by atoms with Gasteiger partial charge in [-0.3, -0.25) is 0 Å². The largest absolute Gasteiger partial charge is 0.485 e. The number of hydrogen-bond donors (Lipinski definition) is 2. The van der Waals surface area contributed by atoms with Crippen LogP contribution in [0.4, 0.5) is 0 Å². The summed E-state index contributed by atoms with van der Waals surface area (Å²) in [5, 5.41) is 0. The quantitative estimate of drug-likeness (QED) is 0.649. The average Bonchev–Trinajstić information content (AvgIpc) is 2.72. The van der Waals surface area contributed by atoms with Crippen molar-refractivity contribution in [3.8, 4) is 11.5 Å². The third-order valence-corrected chi connectivity index (χ3v) is 4.12. The molecule has 3 rings (SSSR count). The summed E-state index contributed by atoms with van der Waals surface area (Å²) in [4.78, 5) is 0. The van der Waals surface area contributed by atoms with E-state index in [2.05, 4.69) is 0 Å². The fraction of sp³-hybridized carbons (Fsp3) is 0.182. The van der Waals surface area contributed by atoms with Gasteiger partial charge in [0.15, 0.2) is 11.5 Å². The van der Waals surface area contributed by atoms with Crippen molar-refractivity contribution in [3.05, 3.63) is 95.6 Å². The topological polar surface area (TPSA) is 70.5 Å². The Morgan fingerprint density at radius 3 is 1.77 bits per heavy atom. The Kier molecular flexibility index (Phi) is 6.25. The van der Waals surface area contributed by atoms with E-state index in [0.717, 1.165) is 16.7 Å². The Balaban J connectivity index is 1.77. The van der Waals surface area contributed by atoms with E-state index in [1.807, 2.05) is 78.9 Å². The van der Waals surface area contributed by atoms with Crippen molar-refractivity contribution in [1.29, 1.82) is 0 Å². The first-order valence-corrected chi connectivity index (χ1v) is 8.69. The summed E-state index contributed by atoms with van der Waals surface area (Å²) in [5.74, 6) is 1.36. The van der Waals surface area contributed by atoms with Crippen LogP contribution >= 0.6 is 0 Å². The molecule has 0 radical (unpaired) electrons. The number of rotatable bonds is 8. The summed E-state index contributed by atoms with van der Waals surface area (Å²) in [6.45, 7) is 1.32. The standard InChI is InChI=1S/C22H24N2O2/c23-14-20(24)19-11-12-21(25-15-17-7-3-1-4-8-17)22(13-19)26-16-18-9-5-2-6-10-18/h1-13,20H,14-16,23-24H2. The van der Waals surface area contributed by atoms with Crippen LogP contribution in [-0.4, -0.2) is 6.54 Å². The lowest BCUT2D eigenvalue weighted by atomic mass is 10.1. The third kappa shape index (κ3) is 4.85. The molecule has 0 saturated carbocycles. The SMILES string of the molecule is NCC(N)c1ccc(OCc2ccccc2)c(OCc2ccccc2)c1. The van der Waals surface area contributed by atoms with Crippen LogP contribution in [0.2, 0.25) is 0 Å². The number of ether oxygens (including phenoxy) is 2. The summed E-state index contributed by atoms with van der Waals surface area (Å²) in [7, 11) is 0. The van der Waals surface area contributed by atoms with Crippen LogP contribution in [0.15, 0.2) is 78.9 Å². The summed E-state index contributed by atoms with van der Waals surface area (Å²) in [6, 6.07) is 25.6. The zero-order valence-electron chi connectivity index (χ0n) is 14.7. The van der Waals surface area contributed by atoms with Crippen molar-refractivity contribution in [3.63, 3.8) is 0 Å². The summed E-state index contributed by atoms with van der Waals surface area (Å²) < 4.78 is 12.0. The van der Waals surface area contributed by atoms with E-state index in [9.17, 15) is 0 Å². The molecule has 4 N–H and O–H groups in total. The second kappa shape index (κ2) is 9.04. The van der Waals surface area contributed by atoms with E-state index in [0.29, 0.717) is 31.3 Å². The van der Waals surface area contributed by atoms with Crippen LogP contribution in [0.3, 0.4) is 0 Å². The number of nitrogens with two attached hydrogens (primary N) is 2. The molecule has 1 atom stereocenters. The summed E-state index contributed by atoms with van der Waals surface area (Å²) in [6.07, 6.45) is 0. The summed E-state index contributed by atoms with van der Waals surface area (Å²) in [5.41, 5.74) is 14.9. The van der Waals surface area contributed by atoms with Crippen LogP contribution in [-0.2, 0) is 13.2 Å². The Labute approximate surface area is 154 Å². The lowest BCUT2D eigenvalue weighted by Gasteiger charge is -2.16. The fourth-order valence-electron chi connectivity index (χ4n) is 2.59. The van der Waals surface area contributed by atoms with Gasteiger partial charge >= 0.3 is 0 Å². The highest BCUT2D eigenvalue weighted by molar-refractivity contribution is 5.44. The molecule has 26 heavy (non-hydrogen) atoms. The second-order valence-electron chi connectivity index (χ2n) is 6.10. The maximum atomic E-state index is 6.06. The van der Waals surface area contributed by atoms with Crippen molar-refractivity contribution in [2.24, 2.45) is 11.5 Å². The monoisotopic (exact) mass is 348 g/mol.